The second kappa shape index (κ2) is 2.19. The van der Waals surface area contributed by atoms with Crippen LogP contribution >= 0.6 is 0 Å². The second-order valence-corrected chi connectivity index (χ2v) is 3.15. The van der Waals surface area contributed by atoms with Crippen LogP contribution in [0.25, 0.3) is 0 Å². The van der Waals surface area contributed by atoms with Crippen LogP contribution in [0.3, 0.4) is 0 Å². The lowest BCUT2D eigenvalue weighted by atomic mass is 10.1. The van der Waals surface area contributed by atoms with Crippen molar-refractivity contribution in [2.24, 2.45) is 0 Å². The van der Waals surface area contributed by atoms with Crippen LogP contribution in [-0.4, -0.2) is 40.9 Å². The normalized spacial score (nSPS) is 53.4. The van der Waals surface area contributed by atoms with Gasteiger partial charge in [0, 0.05) is 6.42 Å². The Morgan fingerprint density at radius 3 is 3.10 bits per heavy atom. The first-order valence-corrected chi connectivity index (χ1v) is 3.77. The van der Waals surface area contributed by atoms with Gasteiger partial charge in [-0.25, -0.2) is 0 Å². The summed E-state index contributed by atoms with van der Waals surface area (Å²) in [7, 11) is 0. The van der Waals surface area contributed by atoms with Crippen molar-refractivity contribution in [2.75, 3.05) is 6.61 Å². The van der Waals surface area contributed by atoms with Gasteiger partial charge in [-0.1, -0.05) is 0 Å². The zero-order chi connectivity index (χ0) is 7.14. The molecule has 2 aliphatic rings. The number of aliphatic hydroxyl groups is 3. The van der Waals surface area contributed by atoms with E-state index in [0.29, 0.717) is 6.61 Å². The van der Waals surface area contributed by atoms with Gasteiger partial charge in [-0.15, -0.1) is 0 Å². The number of aliphatic hydroxyl groups excluding tert-OH is 1. The van der Waals surface area contributed by atoms with Crippen molar-refractivity contribution in [1.82, 2.24) is 0 Å². The summed E-state index contributed by atoms with van der Waals surface area (Å²) >= 11 is 0. The molecule has 0 amide bonds. The quantitative estimate of drug-likeness (QED) is 0.464. The predicted octanol–water partition coefficient (Wildman–Crippen LogP) is -0.565. The zero-order valence-corrected chi connectivity index (χ0v) is 6.03. The summed E-state index contributed by atoms with van der Waals surface area (Å²) in [4.78, 5) is 0. The van der Waals surface area contributed by atoms with Crippen LogP contribution in [-0.2, 0) is 4.74 Å². The summed E-state index contributed by atoms with van der Waals surface area (Å²) in [5, 5.41) is 9.30. The molecule has 2 saturated heterocycles. The molecular formula is C7H13O3+. The minimum atomic E-state index is -0.338. The minimum Gasteiger partial charge on any atom is -0.427 e. The molecule has 0 aromatic rings. The lowest BCUT2D eigenvalue weighted by molar-refractivity contribution is -0.0690. The first-order chi connectivity index (χ1) is 4.77. The van der Waals surface area contributed by atoms with E-state index in [1.807, 2.05) is 6.92 Å². The van der Waals surface area contributed by atoms with Crippen molar-refractivity contribution in [3.05, 3.63) is 0 Å². The molecule has 10 heavy (non-hydrogen) atoms. The van der Waals surface area contributed by atoms with Gasteiger partial charge >= 0.3 is 0 Å². The predicted molar refractivity (Wildman–Crippen MR) is 35.8 cm³/mol. The highest BCUT2D eigenvalue weighted by Gasteiger charge is 2.48. The van der Waals surface area contributed by atoms with Gasteiger partial charge in [0.25, 0.3) is 0 Å². The van der Waals surface area contributed by atoms with E-state index < -0.39 is 0 Å². The number of rotatable bonds is 0. The number of fused-ring (bicyclic) bond motifs is 1. The van der Waals surface area contributed by atoms with E-state index in [4.69, 9.17) is 4.74 Å². The maximum atomic E-state index is 9.30. The van der Waals surface area contributed by atoms with Crippen LogP contribution in [0.2, 0.25) is 0 Å². The van der Waals surface area contributed by atoms with E-state index >= 15 is 0 Å². The fourth-order valence-corrected chi connectivity index (χ4v) is 1.76. The molecule has 0 spiro atoms. The molecule has 2 heterocycles. The molecule has 0 aliphatic carbocycles. The molecule has 4 atom stereocenters. The Labute approximate surface area is 59.9 Å². The molecular weight excluding hydrogens is 132 g/mol. The van der Waals surface area contributed by atoms with Crippen molar-refractivity contribution in [3.63, 3.8) is 0 Å². The van der Waals surface area contributed by atoms with Crippen molar-refractivity contribution in [1.29, 1.82) is 0 Å². The van der Waals surface area contributed by atoms with Crippen molar-refractivity contribution in [3.8, 4) is 0 Å². The van der Waals surface area contributed by atoms with Crippen molar-refractivity contribution >= 4 is 0 Å². The Kier molecular flexibility index (Phi) is 1.44. The van der Waals surface area contributed by atoms with Gasteiger partial charge in [-0.3, -0.25) is 0 Å². The highest BCUT2D eigenvalue weighted by atomic mass is 16.6. The van der Waals surface area contributed by atoms with Gasteiger partial charge < -0.3 is 14.6 Å². The lowest BCUT2D eigenvalue weighted by Crippen LogP contribution is -2.27. The van der Waals surface area contributed by atoms with Crippen molar-refractivity contribution < 1.29 is 14.6 Å². The van der Waals surface area contributed by atoms with E-state index in [1.165, 1.54) is 0 Å². The number of hydrogen-bond acceptors (Lipinski definition) is 2. The fraction of sp³-hybridized carbons (Fsp3) is 1.00. The molecule has 3 heteroatoms. The van der Waals surface area contributed by atoms with E-state index in [9.17, 15) is 5.11 Å². The van der Waals surface area contributed by atoms with E-state index in [2.05, 4.69) is 4.74 Å². The molecule has 0 bridgehead atoms. The molecule has 0 saturated carbocycles. The highest BCUT2D eigenvalue weighted by Crippen LogP contribution is 2.28. The average Bonchev–Trinajstić information content (AvgIpc) is 2.35. The van der Waals surface area contributed by atoms with E-state index in [-0.39, 0.29) is 24.4 Å². The molecule has 2 aliphatic heterocycles. The standard InChI is InChI=1S/C7H12O3/c1-4-2-6-7(10-4)5(8)3-9-6/h4-8H,2-3H2,1H3/p+1. The van der Waals surface area contributed by atoms with Crippen LogP contribution < -0.4 is 0 Å². The van der Waals surface area contributed by atoms with E-state index in [0.717, 1.165) is 6.42 Å². The third-order valence-corrected chi connectivity index (χ3v) is 2.25. The van der Waals surface area contributed by atoms with Gasteiger partial charge in [0.05, 0.1) is 6.10 Å². The van der Waals surface area contributed by atoms with Gasteiger partial charge in [-0.2, -0.15) is 0 Å². The highest BCUT2D eigenvalue weighted by molar-refractivity contribution is 4.90. The molecule has 3 nitrogen and oxygen atoms in total. The molecule has 2 N–H and O–H groups in total. The van der Waals surface area contributed by atoms with Crippen LogP contribution in [0.5, 0.6) is 0 Å². The van der Waals surface area contributed by atoms with Gasteiger partial charge in [0.2, 0.25) is 0 Å². The second-order valence-electron chi connectivity index (χ2n) is 3.15. The molecule has 2 fully saturated rings. The molecule has 4 unspecified atom stereocenters. The van der Waals surface area contributed by atoms with Crippen molar-refractivity contribution in [2.45, 2.75) is 37.8 Å². The Hall–Kier alpha value is -0.120. The average molecular weight is 145 g/mol. The first kappa shape index (κ1) is 6.58. The zero-order valence-electron chi connectivity index (χ0n) is 6.03. The molecule has 0 aromatic heterocycles. The summed E-state index contributed by atoms with van der Waals surface area (Å²) < 4.78 is 9.71. The lowest BCUT2D eigenvalue weighted by Gasteiger charge is -2.06. The molecule has 0 radical (unpaired) electrons. The van der Waals surface area contributed by atoms with Crippen LogP contribution in [0.15, 0.2) is 0 Å². The molecule has 58 valence electrons. The summed E-state index contributed by atoms with van der Waals surface area (Å²) in [5.41, 5.74) is 0. The minimum absolute atomic E-state index is 0.00926. The first-order valence-electron chi connectivity index (χ1n) is 3.77. The van der Waals surface area contributed by atoms with Gasteiger partial charge in [0.1, 0.15) is 0 Å². The smallest absolute Gasteiger partial charge is 0.186 e. The van der Waals surface area contributed by atoms with Gasteiger partial charge in [0.15, 0.2) is 24.9 Å². The molecule has 2 rings (SSSR count). The largest absolute Gasteiger partial charge is 0.427 e. The molecule has 0 aromatic carbocycles. The number of ether oxygens (including phenoxy) is 2. The number of hydrogen-bond donors (Lipinski definition) is 1. The monoisotopic (exact) mass is 145 g/mol. The third-order valence-electron chi connectivity index (χ3n) is 2.25. The van der Waals surface area contributed by atoms with Crippen LogP contribution in [0.4, 0.5) is 0 Å². The summed E-state index contributed by atoms with van der Waals surface area (Å²) in [6, 6.07) is 0. The Morgan fingerprint density at radius 1 is 1.60 bits per heavy atom. The Morgan fingerprint density at radius 2 is 2.40 bits per heavy atom. The summed E-state index contributed by atoms with van der Waals surface area (Å²) in [6.45, 7) is 2.60. The van der Waals surface area contributed by atoms with Crippen LogP contribution in [0.1, 0.15) is 13.3 Å². The Balaban J connectivity index is 2.05. The summed E-state index contributed by atoms with van der Waals surface area (Å²) in [5.74, 6) is 0. The Bertz CT molecular complexity index is 137. The van der Waals surface area contributed by atoms with E-state index in [1.54, 1.807) is 0 Å². The topological polar surface area (TPSA) is 42.3 Å². The van der Waals surface area contributed by atoms with Crippen LogP contribution in [0, 0.1) is 0 Å². The van der Waals surface area contributed by atoms with Gasteiger partial charge in [-0.05, 0) is 6.92 Å². The summed E-state index contributed by atoms with van der Waals surface area (Å²) in [6.07, 6.45) is 1.23. The SMILES string of the molecule is CC1CC2[OH+]CC(O)C2O1. The third kappa shape index (κ3) is 0.856. The maximum absolute atomic E-state index is 9.30. The maximum Gasteiger partial charge on any atom is 0.186 e. The fourth-order valence-electron chi connectivity index (χ4n) is 1.76.